The highest BCUT2D eigenvalue weighted by Crippen LogP contribution is 2.29. The number of carbonyl (C=O) groups is 2. The summed E-state index contributed by atoms with van der Waals surface area (Å²) in [5.41, 5.74) is -0.377. The molecule has 0 aromatic heterocycles. The van der Waals surface area contributed by atoms with Crippen molar-refractivity contribution in [3.05, 3.63) is 28.2 Å². The first-order chi connectivity index (χ1) is 11.0. The molecule has 2 rings (SSSR count). The third kappa shape index (κ3) is 4.23. The molecule has 0 aliphatic heterocycles. The number of hydrogen-bond acceptors (Lipinski definition) is 5. The van der Waals surface area contributed by atoms with E-state index in [1.54, 1.807) is 18.2 Å². The second-order valence-corrected chi connectivity index (χ2v) is 6.23. The molecule has 0 heterocycles. The minimum atomic E-state index is -0.758. The normalized spacial score (nSPS) is 15.5. The molecule has 1 amide bonds. The molecule has 0 bridgehead atoms. The fraction of sp³-hybridized carbons (Fsp3) is 0.438. The van der Waals surface area contributed by atoms with E-state index in [0.29, 0.717) is 28.6 Å². The predicted octanol–water partition coefficient (Wildman–Crippen LogP) is 2.57. The highest BCUT2D eigenvalue weighted by atomic mass is 79.9. The second-order valence-electron chi connectivity index (χ2n) is 5.37. The Morgan fingerprint density at radius 1 is 1.39 bits per heavy atom. The molecule has 0 spiro atoms. The monoisotopic (exact) mass is 380 g/mol. The molecule has 0 saturated heterocycles. The Hall–Kier alpha value is -2.07. The van der Waals surface area contributed by atoms with Gasteiger partial charge in [0.05, 0.1) is 23.2 Å². The molecule has 1 aromatic rings. The molecular weight excluding hydrogens is 364 g/mol. The number of halogens is 1. The highest BCUT2D eigenvalue weighted by Gasteiger charge is 2.35. The fourth-order valence-electron chi connectivity index (χ4n) is 2.55. The van der Waals surface area contributed by atoms with Crippen LogP contribution in [0.1, 0.15) is 36.0 Å². The van der Waals surface area contributed by atoms with Gasteiger partial charge in [-0.25, -0.2) is 4.79 Å². The zero-order valence-corrected chi connectivity index (χ0v) is 14.3. The van der Waals surface area contributed by atoms with E-state index in [-0.39, 0.29) is 12.5 Å². The maximum Gasteiger partial charge on any atom is 0.337 e. The Kier molecular flexibility index (Phi) is 5.61. The number of methoxy groups -OCH3 is 1. The Balaban J connectivity index is 1.94. The average Bonchev–Trinajstić information content (AvgIpc) is 3.01. The van der Waals surface area contributed by atoms with Gasteiger partial charge in [-0.3, -0.25) is 4.79 Å². The van der Waals surface area contributed by atoms with E-state index in [1.807, 2.05) is 0 Å². The van der Waals surface area contributed by atoms with Crippen LogP contribution in [0.4, 0.5) is 0 Å². The summed E-state index contributed by atoms with van der Waals surface area (Å²) in [6.45, 7) is -0.195. The second kappa shape index (κ2) is 7.47. The molecule has 0 atom stereocenters. The van der Waals surface area contributed by atoms with Crippen molar-refractivity contribution in [3.8, 4) is 11.8 Å². The third-order valence-electron chi connectivity index (χ3n) is 3.76. The lowest BCUT2D eigenvalue weighted by Crippen LogP contribution is -2.47. The summed E-state index contributed by atoms with van der Waals surface area (Å²) in [4.78, 5) is 23.4. The van der Waals surface area contributed by atoms with Crippen LogP contribution in [0.5, 0.6) is 5.75 Å². The van der Waals surface area contributed by atoms with Crippen LogP contribution in [0.15, 0.2) is 22.7 Å². The maximum atomic E-state index is 12.0. The number of nitrogens with one attached hydrogen (secondary N) is 1. The summed E-state index contributed by atoms with van der Waals surface area (Å²) < 4.78 is 10.6. The van der Waals surface area contributed by atoms with Crippen LogP contribution in [0, 0.1) is 11.3 Å². The van der Waals surface area contributed by atoms with Gasteiger partial charge in [0.2, 0.25) is 0 Å². The molecule has 1 N–H and O–H groups in total. The number of hydrogen-bond donors (Lipinski definition) is 1. The molecule has 1 aliphatic carbocycles. The Bertz CT molecular complexity index is 648. The first-order valence-electron chi connectivity index (χ1n) is 7.22. The van der Waals surface area contributed by atoms with Gasteiger partial charge >= 0.3 is 5.97 Å². The first kappa shape index (κ1) is 17.3. The summed E-state index contributed by atoms with van der Waals surface area (Å²) in [5.74, 6) is -0.352. The quantitative estimate of drug-likeness (QED) is 0.792. The van der Waals surface area contributed by atoms with Gasteiger partial charge in [-0.1, -0.05) is 0 Å². The van der Waals surface area contributed by atoms with Crippen LogP contribution in [-0.4, -0.2) is 31.1 Å². The van der Waals surface area contributed by atoms with E-state index >= 15 is 0 Å². The Morgan fingerprint density at radius 3 is 2.65 bits per heavy atom. The van der Waals surface area contributed by atoms with Gasteiger partial charge in [0.15, 0.2) is 6.61 Å². The standard InChI is InChI=1S/C16H17BrN2O4/c1-22-15(21)11-4-5-13(12(17)8-11)23-9-14(20)19-16(10-18)6-2-3-7-16/h4-5,8H,2-3,6-7,9H2,1H3,(H,19,20). The number of nitrogens with zero attached hydrogens (tertiary/aromatic N) is 1. The molecule has 1 aromatic carbocycles. The van der Waals surface area contributed by atoms with Crippen molar-refractivity contribution in [1.29, 1.82) is 5.26 Å². The van der Waals surface area contributed by atoms with Crippen LogP contribution < -0.4 is 10.1 Å². The largest absolute Gasteiger partial charge is 0.483 e. The van der Waals surface area contributed by atoms with E-state index in [1.165, 1.54) is 7.11 Å². The number of rotatable bonds is 5. The van der Waals surface area contributed by atoms with Crippen molar-refractivity contribution in [3.63, 3.8) is 0 Å². The van der Waals surface area contributed by atoms with E-state index in [2.05, 4.69) is 32.1 Å². The summed E-state index contributed by atoms with van der Waals surface area (Å²) >= 11 is 3.29. The van der Waals surface area contributed by atoms with E-state index in [9.17, 15) is 14.9 Å². The number of amides is 1. The molecule has 23 heavy (non-hydrogen) atoms. The Labute approximate surface area is 142 Å². The minimum Gasteiger partial charge on any atom is -0.483 e. The number of esters is 1. The van der Waals surface area contributed by atoms with Crippen LogP contribution in [0.25, 0.3) is 0 Å². The maximum absolute atomic E-state index is 12.0. The third-order valence-corrected chi connectivity index (χ3v) is 4.38. The summed E-state index contributed by atoms with van der Waals surface area (Å²) in [6.07, 6.45) is 3.23. The number of carbonyl (C=O) groups excluding carboxylic acids is 2. The fourth-order valence-corrected chi connectivity index (χ4v) is 3.05. The van der Waals surface area contributed by atoms with Crippen LogP contribution >= 0.6 is 15.9 Å². The Morgan fingerprint density at radius 2 is 2.09 bits per heavy atom. The predicted molar refractivity (Wildman–Crippen MR) is 85.9 cm³/mol. The van der Waals surface area contributed by atoms with Crippen molar-refractivity contribution >= 4 is 27.8 Å². The lowest BCUT2D eigenvalue weighted by molar-refractivity contribution is -0.124. The van der Waals surface area contributed by atoms with Gasteiger partial charge in [-0.2, -0.15) is 5.26 Å². The number of nitriles is 1. The van der Waals surface area contributed by atoms with Gasteiger partial charge in [0.1, 0.15) is 11.3 Å². The van der Waals surface area contributed by atoms with Crippen molar-refractivity contribution < 1.29 is 19.1 Å². The highest BCUT2D eigenvalue weighted by molar-refractivity contribution is 9.10. The van der Waals surface area contributed by atoms with Crippen molar-refractivity contribution in [2.75, 3.05) is 13.7 Å². The molecule has 0 radical (unpaired) electrons. The number of ether oxygens (including phenoxy) is 2. The van der Waals surface area contributed by atoms with Crippen molar-refractivity contribution in [1.82, 2.24) is 5.32 Å². The van der Waals surface area contributed by atoms with E-state index < -0.39 is 11.5 Å². The van der Waals surface area contributed by atoms with Crippen molar-refractivity contribution in [2.45, 2.75) is 31.2 Å². The van der Waals surface area contributed by atoms with Gasteiger partial charge in [-0.15, -0.1) is 0 Å². The van der Waals surface area contributed by atoms with Gasteiger partial charge < -0.3 is 14.8 Å². The first-order valence-corrected chi connectivity index (χ1v) is 8.02. The van der Waals surface area contributed by atoms with Crippen LogP contribution in [0.3, 0.4) is 0 Å². The lowest BCUT2D eigenvalue weighted by Gasteiger charge is -2.22. The average molecular weight is 381 g/mol. The number of benzene rings is 1. The van der Waals surface area contributed by atoms with Crippen LogP contribution in [-0.2, 0) is 9.53 Å². The molecule has 122 valence electrons. The summed E-state index contributed by atoms with van der Waals surface area (Å²) in [5, 5.41) is 12.0. The molecule has 1 fully saturated rings. The van der Waals surface area contributed by atoms with E-state index in [0.717, 1.165) is 12.8 Å². The molecule has 7 heteroatoms. The molecule has 1 saturated carbocycles. The zero-order chi connectivity index (χ0) is 16.9. The molecule has 1 aliphatic rings. The van der Waals surface area contributed by atoms with Crippen LogP contribution in [0.2, 0.25) is 0 Å². The minimum absolute atomic E-state index is 0.195. The van der Waals surface area contributed by atoms with Gasteiger partial charge in [0, 0.05) is 0 Å². The topological polar surface area (TPSA) is 88.4 Å². The zero-order valence-electron chi connectivity index (χ0n) is 12.7. The molecule has 6 nitrogen and oxygen atoms in total. The molecular formula is C16H17BrN2O4. The van der Waals surface area contributed by atoms with Gasteiger partial charge in [0.25, 0.3) is 5.91 Å². The summed E-state index contributed by atoms with van der Waals surface area (Å²) in [7, 11) is 1.30. The lowest BCUT2D eigenvalue weighted by atomic mass is 10.00. The SMILES string of the molecule is COC(=O)c1ccc(OCC(=O)NC2(C#N)CCCC2)c(Br)c1. The van der Waals surface area contributed by atoms with E-state index in [4.69, 9.17) is 4.74 Å². The van der Waals surface area contributed by atoms with Crippen molar-refractivity contribution in [2.24, 2.45) is 0 Å². The molecule has 0 unspecified atom stereocenters. The van der Waals surface area contributed by atoms with Gasteiger partial charge in [-0.05, 0) is 59.8 Å². The smallest absolute Gasteiger partial charge is 0.337 e. The summed E-state index contributed by atoms with van der Waals surface area (Å²) in [6, 6.07) is 6.89.